The number of benzene rings is 2. The standard InChI is InChI=1S/C20H19FN2O4/c1-12-17(19(24)27-3)18(13-4-6-14(21)7-5-13)22-20(25)23(12)15-8-10-16(26-2)11-9-15/h4-11,18H,1-3H3,(H,22,25). The number of urea groups is 1. The van der Waals surface area contributed by atoms with Crippen LogP contribution in [0.4, 0.5) is 14.9 Å². The predicted octanol–water partition coefficient (Wildman–Crippen LogP) is 3.55. The first-order chi connectivity index (χ1) is 13.0. The van der Waals surface area contributed by atoms with E-state index in [0.29, 0.717) is 22.7 Å². The van der Waals surface area contributed by atoms with Crippen molar-refractivity contribution in [3.05, 3.63) is 71.2 Å². The molecule has 0 spiro atoms. The highest BCUT2D eigenvalue weighted by Crippen LogP contribution is 2.34. The van der Waals surface area contributed by atoms with Crippen molar-refractivity contribution in [2.24, 2.45) is 0 Å². The first kappa shape index (κ1) is 18.4. The summed E-state index contributed by atoms with van der Waals surface area (Å²) in [5, 5.41) is 2.80. The second-order valence-electron chi connectivity index (χ2n) is 5.96. The molecule has 2 aromatic carbocycles. The van der Waals surface area contributed by atoms with Gasteiger partial charge in [-0.15, -0.1) is 0 Å². The molecule has 6 nitrogen and oxygen atoms in total. The van der Waals surface area contributed by atoms with Gasteiger partial charge in [-0.05, 0) is 48.9 Å². The van der Waals surface area contributed by atoms with Gasteiger partial charge >= 0.3 is 12.0 Å². The lowest BCUT2D eigenvalue weighted by Gasteiger charge is -2.35. The van der Waals surface area contributed by atoms with Crippen LogP contribution in [0.1, 0.15) is 18.5 Å². The van der Waals surface area contributed by atoms with E-state index in [1.807, 2.05) is 0 Å². The molecule has 1 atom stereocenters. The van der Waals surface area contributed by atoms with E-state index in [0.717, 1.165) is 0 Å². The molecule has 1 N–H and O–H groups in total. The SMILES string of the molecule is COC(=O)C1=C(C)N(c2ccc(OC)cc2)C(=O)NC1c1ccc(F)cc1. The van der Waals surface area contributed by atoms with Gasteiger partial charge < -0.3 is 14.8 Å². The Hall–Kier alpha value is -3.35. The van der Waals surface area contributed by atoms with Crippen LogP contribution >= 0.6 is 0 Å². The quantitative estimate of drug-likeness (QED) is 0.836. The number of hydrogen-bond acceptors (Lipinski definition) is 4. The summed E-state index contributed by atoms with van der Waals surface area (Å²) >= 11 is 0. The zero-order valence-electron chi connectivity index (χ0n) is 15.2. The molecule has 1 aliphatic heterocycles. The largest absolute Gasteiger partial charge is 0.497 e. The van der Waals surface area contributed by atoms with Crippen molar-refractivity contribution in [3.8, 4) is 5.75 Å². The van der Waals surface area contributed by atoms with Gasteiger partial charge in [-0.1, -0.05) is 12.1 Å². The van der Waals surface area contributed by atoms with E-state index in [4.69, 9.17) is 9.47 Å². The van der Waals surface area contributed by atoms with Crippen molar-refractivity contribution in [1.82, 2.24) is 5.32 Å². The summed E-state index contributed by atoms with van der Waals surface area (Å²) in [5.41, 5.74) is 1.87. The molecule has 27 heavy (non-hydrogen) atoms. The average molecular weight is 370 g/mol. The van der Waals surface area contributed by atoms with Crippen molar-refractivity contribution in [2.45, 2.75) is 13.0 Å². The Balaban J connectivity index is 2.09. The monoisotopic (exact) mass is 370 g/mol. The molecule has 2 amide bonds. The Kier molecular flexibility index (Phi) is 5.12. The fourth-order valence-corrected chi connectivity index (χ4v) is 3.06. The molecular formula is C20H19FN2O4. The highest BCUT2D eigenvalue weighted by atomic mass is 19.1. The van der Waals surface area contributed by atoms with Crippen LogP contribution in [0.5, 0.6) is 5.75 Å². The molecule has 140 valence electrons. The van der Waals surface area contributed by atoms with E-state index in [2.05, 4.69) is 5.32 Å². The molecule has 0 bridgehead atoms. The number of esters is 1. The van der Waals surface area contributed by atoms with Gasteiger partial charge in [0.15, 0.2) is 0 Å². The van der Waals surface area contributed by atoms with E-state index >= 15 is 0 Å². The number of amides is 2. The fourth-order valence-electron chi connectivity index (χ4n) is 3.06. The van der Waals surface area contributed by atoms with Crippen molar-refractivity contribution in [3.63, 3.8) is 0 Å². The number of hydrogen-bond donors (Lipinski definition) is 1. The summed E-state index contributed by atoms with van der Waals surface area (Å²) in [4.78, 5) is 26.6. The van der Waals surface area contributed by atoms with E-state index in [1.54, 1.807) is 38.3 Å². The lowest BCUT2D eigenvalue weighted by Crippen LogP contribution is -2.48. The van der Waals surface area contributed by atoms with Crippen LogP contribution in [0.15, 0.2) is 59.8 Å². The van der Waals surface area contributed by atoms with E-state index in [9.17, 15) is 14.0 Å². The molecular weight excluding hydrogens is 351 g/mol. The highest BCUT2D eigenvalue weighted by molar-refractivity contribution is 6.03. The van der Waals surface area contributed by atoms with Crippen molar-refractivity contribution in [1.29, 1.82) is 0 Å². The second-order valence-corrected chi connectivity index (χ2v) is 5.96. The first-order valence-electron chi connectivity index (χ1n) is 8.25. The number of halogens is 1. The maximum atomic E-state index is 13.3. The summed E-state index contributed by atoms with van der Waals surface area (Å²) in [5.74, 6) is -0.323. The molecule has 0 aromatic heterocycles. The number of allylic oxidation sites excluding steroid dienone is 1. The summed E-state index contributed by atoms with van der Waals surface area (Å²) < 4.78 is 23.3. The predicted molar refractivity (Wildman–Crippen MR) is 97.9 cm³/mol. The third-order valence-corrected chi connectivity index (χ3v) is 4.42. The Labute approximate surface area is 156 Å². The number of ether oxygens (including phenoxy) is 2. The maximum absolute atomic E-state index is 13.3. The van der Waals surface area contributed by atoms with Crippen molar-refractivity contribution in [2.75, 3.05) is 19.1 Å². The van der Waals surface area contributed by atoms with Gasteiger partial charge in [0.25, 0.3) is 0 Å². The van der Waals surface area contributed by atoms with Crippen molar-refractivity contribution < 1.29 is 23.5 Å². The minimum atomic E-state index is -0.736. The number of carbonyl (C=O) groups is 2. The van der Waals surface area contributed by atoms with Crippen LogP contribution < -0.4 is 15.0 Å². The van der Waals surface area contributed by atoms with Gasteiger partial charge in [-0.2, -0.15) is 0 Å². The number of nitrogens with zero attached hydrogens (tertiary/aromatic N) is 1. The van der Waals surface area contributed by atoms with Crippen molar-refractivity contribution >= 4 is 17.7 Å². The Bertz CT molecular complexity index is 891. The second kappa shape index (κ2) is 7.49. The van der Waals surface area contributed by atoms with Crippen LogP contribution in [0, 0.1) is 5.82 Å². The molecule has 3 rings (SSSR count). The molecule has 0 fully saturated rings. The summed E-state index contributed by atoms with van der Waals surface area (Å²) in [6.07, 6.45) is 0. The fraction of sp³-hybridized carbons (Fsp3) is 0.200. The number of nitrogens with one attached hydrogen (secondary N) is 1. The van der Waals surface area contributed by atoms with Crippen LogP contribution in [0.25, 0.3) is 0 Å². The zero-order valence-corrected chi connectivity index (χ0v) is 15.2. The molecule has 1 heterocycles. The molecule has 1 unspecified atom stereocenters. The maximum Gasteiger partial charge on any atom is 0.337 e. The topological polar surface area (TPSA) is 67.9 Å². The van der Waals surface area contributed by atoms with Crippen LogP contribution in [0.2, 0.25) is 0 Å². The molecule has 2 aromatic rings. The number of rotatable bonds is 4. The van der Waals surface area contributed by atoms with E-state index < -0.39 is 23.9 Å². The van der Waals surface area contributed by atoms with Gasteiger partial charge in [0.05, 0.1) is 31.5 Å². The third-order valence-electron chi connectivity index (χ3n) is 4.42. The normalized spacial score (nSPS) is 16.8. The van der Waals surface area contributed by atoms with Gasteiger partial charge in [0.1, 0.15) is 11.6 Å². The minimum absolute atomic E-state index is 0.277. The van der Waals surface area contributed by atoms with E-state index in [-0.39, 0.29) is 5.57 Å². The lowest BCUT2D eigenvalue weighted by atomic mass is 9.94. The molecule has 0 saturated carbocycles. The molecule has 0 saturated heterocycles. The lowest BCUT2D eigenvalue weighted by molar-refractivity contribution is -0.136. The van der Waals surface area contributed by atoms with Crippen LogP contribution in [-0.2, 0) is 9.53 Å². The number of carbonyl (C=O) groups excluding carboxylic acids is 2. The van der Waals surface area contributed by atoms with Crippen LogP contribution in [0.3, 0.4) is 0 Å². The zero-order chi connectivity index (χ0) is 19.6. The summed E-state index contributed by atoms with van der Waals surface area (Å²) in [6, 6.07) is 11.4. The third kappa shape index (κ3) is 3.48. The summed E-state index contributed by atoms with van der Waals surface area (Å²) in [7, 11) is 2.83. The Morgan fingerprint density at radius 2 is 1.70 bits per heavy atom. The number of methoxy groups -OCH3 is 2. The minimum Gasteiger partial charge on any atom is -0.497 e. The molecule has 1 aliphatic rings. The Morgan fingerprint density at radius 3 is 2.26 bits per heavy atom. The highest BCUT2D eigenvalue weighted by Gasteiger charge is 2.36. The molecule has 7 heteroatoms. The molecule has 0 aliphatic carbocycles. The van der Waals surface area contributed by atoms with Crippen LogP contribution in [-0.4, -0.2) is 26.2 Å². The summed E-state index contributed by atoms with van der Waals surface area (Å²) in [6.45, 7) is 1.67. The van der Waals surface area contributed by atoms with Gasteiger partial charge in [0, 0.05) is 5.70 Å². The van der Waals surface area contributed by atoms with E-state index in [1.165, 1.54) is 36.3 Å². The smallest absolute Gasteiger partial charge is 0.337 e. The van der Waals surface area contributed by atoms with Gasteiger partial charge in [-0.3, -0.25) is 4.90 Å². The van der Waals surface area contributed by atoms with Gasteiger partial charge in [0.2, 0.25) is 0 Å². The van der Waals surface area contributed by atoms with Gasteiger partial charge in [-0.25, -0.2) is 14.0 Å². The molecule has 0 radical (unpaired) electrons. The Morgan fingerprint density at radius 1 is 1.07 bits per heavy atom. The number of anilines is 1. The first-order valence-corrected chi connectivity index (χ1v) is 8.25. The average Bonchev–Trinajstić information content (AvgIpc) is 2.68.